The van der Waals surface area contributed by atoms with Crippen LogP contribution in [0.5, 0.6) is 0 Å². The van der Waals surface area contributed by atoms with Crippen molar-refractivity contribution in [3.8, 4) is 0 Å². The molecule has 1 spiro atoms. The Bertz CT molecular complexity index is 589. The number of rotatable bonds is 3. The zero-order valence-corrected chi connectivity index (χ0v) is 18.0. The van der Waals surface area contributed by atoms with Crippen LogP contribution in [0.2, 0.25) is 19.6 Å². The average molecular weight is 383 g/mol. The van der Waals surface area contributed by atoms with Gasteiger partial charge in [-0.15, -0.1) is 0 Å². The van der Waals surface area contributed by atoms with Crippen molar-refractivity contribution in [2.45, 2.75) is 89.9 Å². The number of hydrogen-bond donors (Lipinski definition) is 0. The molecule has 4 saturated heterocycles. The van der Waals surface area contributed by atoms with E-state index in [0.29, 0.717) is 17.8 Å². The first kappa shape index (κ1) is 18.9. The van der Waals surface area contributed by atoms with E-state index in [2.05, 4.69) is 40.1 Å². The number of ether oxygens (including phenoxy) is 2. The molecule has 0 aromatic heterocycles. The van der Waals surface area contributed by atoms with E-state index < -0.39 is 26.0 Å². The molecule has 0 N–H and O–H groups in total. The van der Waals surface area contributed by atoms with E-state index in [1.165, 1.54) is 6.42 Å². The minimum absolute atomic E-state index is 0.164. The molecule has 148 valence electrons. The molecule has 5 aliphatic rings. The van der Waals surface area contributed by atoms with Crippen LogP contribution in [-0.2, 0) is 23.7 Å². The van der Waals surface area contributed by atoms with Crippen molar-refractivity contribution in [2.75, 3.05) is 0 Å². The van der Waals surface area contributed by atoms with Crippen LogP contribution in [0.1, 0.15) is 46.5 Å². The van der Waals surface area contributed by atoms with Crippen LogP contribution in [-0.4, -0.2) is 32.1 Å². The van der Waals surface area contributed by atoms with E-state index in [4.69, 9.17) is 23.7 Å². The maximum atomic E-state index is 6.54. The van der Waals surface area contributed by atoms with Crippen LogP contribution in [0.25, 0.3) is 0 Å². The van der Waals surface area contributed by atoms with E-state index in [1.807, 2.05) is 6.92 Å². The van der Waals surface area contributed by atoms with Crippen molar-refractivity contribution in [1.29, 1.82) is 0 Å². The fourth-order valence-corrected chi connectivity index (χ4v) is 6.63. The minimum Gasteiger partial charge on any atom is -0.546 e. The Kier molecular flexibility index (Phi) is 4.40. The molecule has 0 radical (unpaired) electrons. The molecule has 0 aromatic carbocycles. The van der Waals surface area contributed by atoms with Gasteiger partial charge in [0.25, 0.3) is 0 Å². The fraction of sp³-hybridized carbons (Fsp3) is 0.900. The third-order valence-electron chi connectivity index (χ3n) is 6.91. The summed E-state index contributed by atoms with van der Waals surface area (Å²) >= 11 is 0. The van der Waals surface area contributed by atoms with Gasteiger partial charge >= 0.3 is 0 Å². The molecule has 8 atom stereocenters. The summed E-state index contributed by atoms with van der Waals surface area (Å²) < 4.78 is 19.1. The van der Waals surface area contributed by atoms with Gasteiger partial charge < -0.3 is 13.9 Å². The van der Waals surface area contributed by atoms with Gasteiger partial charge in [0.1, 0.15) is 11.9 Å². The second-order valence-electron chi connectivity index (χ2n) is 10.0. The van der Waals surface area contributed by atoms with Crippen molar-refractivity contribution < 1.29 is 23.7 Å². The predicted molar refractivity (Wildman–Crippen MR) is 100 cm³/mol. The lowest BCUT2D eigenvalue weighted by atomic mass is 9.57. The third-order valence-corrected chi connectivity index (χ3v) is 7.79. The molecule has 0 aromatic rings. The summed E-state index contributed by atoms with van der Waals surface area (Å²) in [6.07, 6.45) is 3.60. The summed E-state index contributed by atoms with van der Waals surface area (Å²) in [5.74, 6) is 1.55. The van der Waals surface area contributed by atoms with Crippen LogP contribution in [0.3, 0.4) is 0 Å². The standard InChI is InChI=1S/C20H34O5Si/c1-12-8-9-16-13(2)17(14(3)23-26(5,6)7)21-18-20(16)15(12)10-11-19(4,22-18)24-25-20/h12-13,15-18H,3,8-11H2,1-2,4-7H3/t12-,13-,15+,16+,17+,18-,19+,20-/m1/s1. The Balaban J connectivity index is 1.69. The van der Waals surface area contributed by atoms with Crippen LogP contribution >= 0.6 is 0 Å². The molecular formula is C20H34O5Si. The van der Waals surface area contributed by atoms with Crippen LogP contribution in [0.4, 0.5) is 0 Å². The largest absolute Gasteiger partial charge is 0.546 e. The lowest BCUT2D eigenvalue weighted by molar-refractivity contribution is -0.570. The monoisotopic (exact) mass is 382 g/mol. The highest BCUT2D eigenvalue weighted by Gasteiger charge is 2.69. The quantitative estimate of drug-likeness (QED) is 0.405. The van der Waals surface area contributed by atoms with Gasteiger partial charge in [-0.3, -0.25) is 0 Å². The van der Waals surface area contributed by atoms with Crippen LogP contribution < -0.4 is 0 Å². The maximum Gasteiger partial charge on any atom is 0.241 e. The van der Waals surface area contributed by atoms with Gasteiger partial charge in [0.05, 0.1) is 0 Å². The van der Waals surface area contributed by atoms with Gasteiger partial charge in [-0.2, -0.15) is 0 Å². The summed E-state index contributed by atoms with van der Waals surface area (Å²) in [5.41, 5.74) is -0.511. The van der Waals surface area contributed by atoms with Gasteiger partial charge in [-0.05, 0) is 63.6 Å². The second kappa shape index (κ2) is 6.05. The van der Waals surface area contributed by atoms with E-state index >= 15 is 0 Å². The van der Waals surface area contributed by atoms with E-state index in [0.717, 1.165) is 25.0 Å². The first-order valence-corrected chi connectivity index (χ1v) is 13.5. The summed E-state index contributed by atoms with van der Waals surface area (Å²) in [4.78, 5) is 12.0. The van der Waals surface area contributed by atoms with Gasteiger partial charge in [0, 0.05) is 12.3 Å². The Hall–Kier alpha value is -0.403. The Morgan fingerprint density at radius 2 is 1.81 bits per heavy atom. The van der Waals surface area contributed by atoms with Crippen molar-refractivity contribution in [2.24, 2.45) is 23.7 Å². The van der Waals surface area contributed by atoms with Crippen LogP contribution in [0, 0.1) is 23.7 Å². The zero-order chi connectivity index (χ0) is 18.9. The Morgan fingerprint density at radius 1 is 1.08 bits per heavy atom. The summed E-state index contributed by atoms with van der Waals surface area (Å²) in [7, 11) is -1.74. The third kappa shape index (κ3) is 2.80. The average Bonchev–Trinajstić information content (AvgIpc) is 2.75. The van der Waals surface area contributed by atoms with Gasteiger partial charge in [0.15, 0.2) is 11.9 Å². The van der Waals surface area contributed by atoms with Gasteiger partial charge in [-0.25, -0.2) is 9.78 Å². The highest BCUT2D eigenvalue weighted by molar-refractivity contribution is 6.70. The molecule has 5 rings (SSSR count). The molecule has 6 heteroatoms. The molecule has 5 nitrogen and oxygen atoms in total. The second-order valence-corrected chi connectivity index (χ2v) is 14.4. The molecule has 0 amide bonds. The maximum absolute atomic E-state index is 6.54. The number of fused-ring (bicyclic) bond motifs is 2. The summed E-state index contributed by atoms with van der Waals surface area (Å²) in [6.45, 7) is 17.3. The van der Waals surface area contributed by atoms with Crippen molar-refractivity contribution in [3.63, 3.8) is 0 Å². The smallest absolute Gasteiger partial charge is 0.241 e. The predicted octanol–water partition coefficient (Wildman–Crippen LogP) is 4.60. The van der Waals surface area contributed by atoms with Crippen molar-refractivity contribution in [1.82, 2.24) is 0 Å². The highest BCUT2D eigenvalue weighted by Crippen LogP contribution is 2.61. The molecule has 4 heterocycles. The molecule has 1 saturated carbocycles. The topological polar surface area (TPSA) is 46.2 Å². The van der Waals surface area contributed by atoms with E-state index in [1.54, 1.807) is 0 Å². The molecule has 1 aliphatic carbocycles. The first-order chi connectivity index (χ1) is 12.1. The van der Waals surface area contributed by atoms with Gasteiger partial charge in [0.2, 0.25) is 14.1 Å². The zero-order valence-electron chi connectivity index (χ0n) is 17.0. The summed E-state index contributed by atoms with van der Waals surface area (Å²) in [6, 6.07) is 0. The molecule has 0 unspecified atom stereocenters. The molecule has 26 heavy (non-hydrogen) atoms. The highest BCUT2D eigenvalue weighted by atomic mass is 28.4. The lowest BCUT2D eigenvalue weighted by Crippen LogP contribution is -2.70. The van der Waals surface area contributed by atoms with Gasteiger partial charge in [-0.1, -0.05) is 20.4 Å². The Morgan fingerprint density at radius 3 is 2.50 bits per heavy atom. The molecule has 4 aliphatic heterocycles. The molecule has 5 fully saturated rings. The summed E-state index contributed by atoms with van der Waals surface area (Å²) in [5, 5.41) is 0. The first-order valence-electron chi connectivity index (χ1n) is 10.1. The lowest BCUT2D eigenvalue weighted by Gasteiger charge is -2.60. The van der Waals surface area contributed by atoms with Crippen molar-refractivity contribution in [3.05, 3.63) is 12.3 Å². The van der Waals surface area contributed by atoms with Crippen LogP contribution in [0.15, 0.2) is 12.3 Å². The normalized spacial score (nSPS) is 50.7. The number of hydrogen-bond acceptors (Lipinski definition) is 5. The van der Waals surface area contributed by atoms with E-state index in [-0.39, 0.29) is 12.0 Å². The molecule has 2 bridgehead atoms. The SMILES string of the molecule is C=C(O[Si](C)(C)C)[C@H]1O[C@@H]2O[C@]3(C)CC[C@H]4[C@H](C)CC[C@@H]([C@H]1C)[C@@]24OO3. The fourth-order valence-electron chi connectivity index (χ4n) is 5.72. The van der Waals surface area contributed by atoms with Crippen molar-refractivity contribution >= 4 is 8.32 Å². The minimum atomic E-state index is -1.74. The Labute approximate surface area is 158 Å². The molecular weight excluding hydrogens is 348 g/mol. The van der Waals surface area contributed by atoms with E-state index in [9.17, 15) is 0 Å².